The zero-order valence-electron chi connectivity index (χ0n) is 20.1. The Morgan fingerprint density at radius 2 is 1.92 bits per heavy atom. The maximum absolute atomic E-state index is 14.4. The van der Waals surface area contributed by atoms with Crippen LogP contribution in [0.1, 0.15) is 43.5 Å². The summed E-state index contributed by atoms with van der Waals surface area (Å²) in [4.78, 5) is 18.4. The van der Waals surface area contributed by atoms with Gasteiger partial charge in [-0.25, -0.2) is 9.37 Å². The van der Waals surface area contributed by atoms with Gasteiger partial charge in [0, 0.05) is 43.5 Å². The van der Waals surface area contributed by atoms with Crippen LogP contribution in [-0.4, -0.2) is 52.0 Å². The van der Waals surface area contributed by atoms with Crippen molar-refractivity contribution in [2.24, 2.45) is 0 Å². The van der Waals surface area contributed by atoms with Crippen LogP contribution in [0.25, 0.3) is 0 Å². The van der Waals surface area contributed by atoms with Crippen molar-refractivity contribution in [2.45, 2.75) is 51.6 Å². The molecule has 0 spiro atoms. The Labute approximate surface area is 209 Å². The van der Waals surface area contributed by atoms with E-state index < -0.39 is 40.8 Å². The summed E-state index contributed by atoms with van der Waals surface area (Å²) in [6.07, 6.45) is -5.07. The van der Waals surface area contributed by atoms with Gasteiger partial charge in [0.2, 0.25) is 5.91 Å². The number of benzene rings is 1. The molecular formula is C23H27F4N4O4S-. The Kier molecular flexibility index (Phi) is 8.57. The molecule has 0 radical (unpaired) electrons. The summed E-state index contributed by atoms with van der Waals surface area (Å²) in [5.41, 5.74) is -0.507. The highest BCUT2D eigenvalue weighted by Gasteiger charge is 2.34. The Bertz CT molecular complexity index is 1120. The molecule has 0 saturated carbocycles. The first-order valence-electron chi connectivity index (χ1n) is 11.2. The van der Waals surface area contributed by atoms with E-state index in [-0.39, 0.29) is 30.3 Å². The maximum Gasteiger partial charge on any atom is 0.433 e. The molecule has 13 heteroatoms. The molecule has 1 N–H and O–H groups in total. The molecule has 2 heterocycles. The van der Waals surface area contributed by atoms with Crippen LogP contribution in [0.3, 0.4) is 0 Å². The fraction of sp³-hybridized carbons (Fsp3) is 0.478. The normalized spacial score (nSPS) is 20.1. The third-order valence-electron chi connectivity index (χ3n) is 5.85. The van der Waals surface area contributed by atoms with Crippen molar-refractivity contribution in [3.05, 3.63) is 53.0 Å². The average Bonchev–Trinajstić information content (AvgIpc) is 2.80. The van der Waals surface area contributed by atoms with E-state index in [4.69, 9.17) is 4.74 Å². The molecule has 1 fully saturated rings. The van der Waals surface area contributed by atoms with Crippen LogP contribution in [0, 0.1) is 5.82 Å². The number of halogens is 4. The first-order valence-corrected chi connectivity index (χ1v) is 12.2. The van der Waals surface area contributed by atoms with Gasteiger partial charge in [0.15, 0.2) is 0 Å². The standard InChI is InChI=1S/C23H28F4N4O4S/c1-13-11-31(12-14(2)35-13)21-17(6-8-20(29-21)23(25,26)27)10-28-22(32)15(3)16-5-7-19(18(24)9-16)30(4)36(33)34/h5-9,13-15H,10-12H2,1-4H3,(H,28,32)(H,33,34)/p-1. The van der Waals surface area contributed by atoms with Crippen LogP contribution in [0.4, 0.5) is 29.1 Å². The maximum atomic E-state index is 14.4. The molecule has 1 aromatic heterocycles. The Balaban J connectivity index is 1.79. The predicted octanol–water partition coefficient (Wildman–Crippen LogP) is 3.50. The highest BCUT2D eigenvalue weighted by molar-refractivity contribution is 7.80. The number of morpholine rings is 1. The Morgan fingerprint density at radius 3 is 2.47 bits per heavy atom. The second-order valence-electron chi connectivity index (χ2n) is 8.70. The topological polar surface area (TPSA) is 97.8 Å². The van der Waals surface area contributed by atoms with E-state index in [1.54, 1.807) is 4.90 Å². The quantitative estimate of drug-likeness (QED) is 0.434. The van der Waals surface area contributed by atoms with Crippen LogP contribution >= 0.6 is 0 Å². The second kappa shape index (κ2) is 11.1. The Hall–Kier alpha value is -2.77. The molecule has 36 heavy (non-hydrogen) atoms. The molecule has 4 atom stereocenters. The number of ether oxygens (including phenoxy) is 1. The van der Waals surface area contributed by atoms with Crippen LogP contribution in [0.15, 0.2) is 30.3 Å². The number of pyridine rings is 1. The third-order valence-corrected chi connectivity index (χ3v) is 6.49. The van der Waals surface area contributed by atoms with Crippen molar-refractivity contribution in [3.8, 4) is 0 Å². The molecule has 198 valence electrons. The van der Waals surface area contributed by atoms with Crippen molar-refractivity contribution in [2.75, 3.05) is 29.3 Å². The van der Waals surface area contributed by atoms with Crippen LogP contribution in [-0.2, 0) is 33.5 Å². The van der Waals surface area contributed by atoms with Crippen LogP contribution in [0.5, 0.6) is 0 Å². The smallest absolute Gasteiger partial charge is 0.433 e. The first-order chi connectivity index (χ1) is 16.8. The lowest BCUT2D eigenvalue weighted by molar-refractivity contribution is -0.141. The summed E-state index contributed by atoms with van der Waals surface area (Å²) in [5, 5.41) is 2.68. The molecule has 4 unspecified atom stereocenters. The minimum absolute atomic E-state index is 0.0950. The Morgan fingerprint density at radius 1 is 1.28 bits per heavy atom. The summed E-state index contributed by atoms with van der Waals surface area (Å²) in [5.74, 6) is -2.00. The molecular weight excluding hydrogens is 504 g/mol. The van der Waals surface area contributed by atoms with Gasteiger partial charge in [-0.05, 0) is 44.5 Å². The van der Waals surface area contributed by atoms with Gasteiger partial charge >= 0.3 is 6.18 Å². The van der Waals surface area contributed by atoms with E-state index in [2.05, 4.69) is 10.3 Å². The number of nitrogens with zero attached hydrogens (tertiary/aromatic N) is 3. The lowest BCUT2D eigenvalue weighted by Gasteiger charge is -2.37. The molecule has 8 nitrogen and oxygen atoms in total. The first kappa shape index (κ1) is 27.8. The van der Waals surface area contributed by atoms with E-state index in [0.717, 1.165) is 16.4 Å². The summed E-state index contributed by atoms with van der Waals surface area (Å²) >= 11 is -2.66. The fourth-order valence-electron chi connectivity index (χ4n) is 4.01. The lowest BCUT2D eigenvalue weighted by atomic mass is 9.99. The molecule has 1 saturated heterocycles. The van der Waals surface area contributed by atoms with Gasteiger partial charge in [0.1, 0.15) is 17.3 Å². The molecule has 1 aliphatic heterocycles. The zero-order valence-corrected chi connectivity index (χ0v) is 21.0. The van der Waals surface area contributed by atoms with Crippen LogP contribution in [0.2, 0.25) is 0 Å². The van der Waals surface area contributed by atoms with Crippen molar-refractivity contribution >= 4 is 28.7 Å². The summed E-state index contributed by atoms with van der Waals surface area (Å²) in [6, 6.07) is 5.92. The average molecular weight is 532 g/mol. The van der Waals surface area contributed by atoms with Crippen molar-refractivity contribution < 1.29 is 35.9 Å². The number of nitrogens with one attached hydrogen (secondary N) is 1. The molecule has 1 amide bonds. The second-order valence-corrected chi connectivity index (χ2v) is 9.69. The van der Waals surface area contributed by atoms with Gasteiger partial charge in [0.05, 0.1) is 23.8 Å². The van der Waals surface area contributed by atoms with Gasteiger partial charge in [0.25, 0.3) is 0 Å². The summed E-state index contributed by atoms with van der Waals surface area (Å²) in [6.45, 7) is 5.75. The van der Waals surface area contributed by atoms with Crippen molar-refractivity contribution in [3.63, 3.8) is 0 Å². The summed E-state index contributed by atoms with van der Waals surface area (Å²) in [7, 11) is 1.18. The molecule has 1 aliphatic rings. The van der Waals surface area contributed by atoms with E-state index >= 15 is 0 Å². The molecule has 1 aromatic carbocycles. The SMILES string of the molecule is CC1CN(c2nc(C(F)(F)F)ccc2CNC(=O)C(C)c2ccc(N(C)S(=O)[O-])c(F)c2)CC(C)O1. The number of hydrogen-bond donors (Lipinski definition) is 1. The number of rotatable bonds is 7. The minimum atomic E-state index is -4.63. The van der Waals surface area contributed by atoms with Crippen molar-refractivity contribution in [1.82, 2.24) is 10.3 Å². The minimum Gasteiger partial charge on any atom is -0.755 e. The highest BCUT2D eigenvalue weighted by atomic mass is 32.2. The van der Waals surface area contributed by atoms with E-state index in [0.29, 0.717) is 24.2 Å². The molecule has 2 aromatic rings. The number of carbonyl (C=O) groups excluding carboxylic acids is 1. The number of hydrogen-bond acceptors (Lipinski definition) is 6. The molecule has 3 rings (SSSR count). The lowest BCUT2D eigenvalue weighted by Crippen LogP contribution is -2.46. The molecule has 0 bridgehead atoms. The van der Waals surface area contributed by atoms with Gasteiger partial charge in [-0.15, -0.1) is 0 Å². The number of aromatic nitrogens is 1. The monoisotopic (exact) mass is 531 g/mol. The molecule has 0 aliphatic carbocycles. The summed E-state index contributed by atoms with van der Waals surface area (Å²) < 4.78 is 83.0. The van der Waals surface area contributed by atoms with E-state index in [9.17, 15) is 31.1 Å². The van der Waals surface area contributed by atoms with Gasteiger partial charge in [-0.2, -0.15) is 13.2 Å². The highest BCUT2D eigenvalue weighted by Crippen LogP contribution is 2.32. The van der Waals surface area contributed by atoms with E-state index in [1.165, 1.54) is 32.2 Å². The predicted molar refractivity (Wildman–Crippen MR) is 125 cm³/mol. The fourth-order valence-corrected chi connectivity index (χ4v) is 4.32. The van der Waals surface area contributed by atoms with E-state index in [1.807, 2.05) is 13.8 Å². The van der Waals surface area contributed by atoms with Crippen molar-refractivity contribution in [1.29, 1.82) is 0 Å². The third kappa shape index (κ3) is 6.51. The number of carbonyl (C=O) groups is 1. The largest absolute Gasteiger partial charge is 0.755 e. The van der Waals surface area contributed by atoms with Gasteiger partial charge < -0.3 is 23.8 Å². The number of anilines is 2. The van der Waals surface area contributed by atoms with Crippen LogP contribution < -0.4 is 14.5 Å². The number of alkyl halides is 3. The number of amides is 1. The zero-order chi connectivity index (χ0) is 26.8. The van der Waals surface area contributed by atoms with Gasteiger partial charge in [-0.3, -0.25) is 9.00 Å². The van der Waals surface area contributed by atoms with Gasteiger partial charge in [-0.1, -0.05) is 12.1 Å².